The van der Waals surface area contributed by atoms with Gasteiger partial charge in [-0.2, -0.15) is 18.3 Å². The standard InChI is InChI=1S/C18H18ClF4N5O2/c19-12-3-10(6-24-7-12)8-27-17(30)28-14(16(29)26-2-1-13(20)9-26)4-11(18(21,22)23)5-15(28)25-27/h3,6-7,11,13-14H,1-2,4-5,8-9H2/t11-,13+,14-/m1/s1. The molecule has 3 atom stereocenters. The fourth-order valence-corrected chi connectivity index (χ4v) is 4.20. The fraction of sp³-hybridized carbons (Fsp3) is 0.556. The molecule has 4 rings (SSSR count). The Hall–Kier alpha value is -2.43. The van der Waals surface area contributed by atoms with E-state index in [4.69, 9.17) is 11.6 Å². The van der Waals surface area contributed by atoms with Crippen molar-refractivity contribution in [3.63, 3.8) is 0 Å². The van der Waals surface area contributed by atoms with Crippen LogP contribution < -0.4 is 5.69 Å². The van der Waals surface area contributed by atoms with Crippen molar-refractivity contribution in [3.05, 3.63) is 45.4 Å². The minimum atomic E-state index is -4.55. The van der Waals surface area contributed by atoms with E-state index in [1.54, 1.807) is 6.07 Å². The zero-order chi connectivity index (χ0) is 21.6. The van der Waals surface area contributed by atoms with Gasteiger partial charge < -0.3 is 4.90 Å². The number of halogens is 5. The summed E-state index contributed by atoms with van der Waals surface area (Å²) in [7, 11) is 0. The predicted molar refractivity (Wildman–Crippen MR) is 97.8 cm³/mol. The number of likely N-dealkylation sites (tertiary alicyclic amines) is 1. The van der Waals surface area contributed by atoms with Crippen molar-refractivity contribution in [2.75, 3.05) is 13.1 Å². The molecule has 0 saturated carbocycles. The Kier molecular flexibility index (Phi) is 5.33. The molecule has 30 heavy (non-hydrogen) atoms. The van der Waals surface area contributed by atoms with Gasteiger partial charge in [0.25, 0.3) is 0 Å². The number of fused-ring (bicyclic) bond motifs is 1. The smallest absolute Gasteiger partial charge is 0.338 e. The predicted octanol–water partition coefficient (Wildman–Crippen LogP) is 2.38. The minimum Gasteiger partial charge on any atom is -0.338 e. The number of hydrogen-bond acceptors (Lipinski definition) is 4. The summed E-state index contributed by atoms with van der Waals surface area (Å²) >= 11 is 5.89. The highest BCUT2D eigenvalue weighted by Crippen LogP contribution is 2.39. The van der Waals surface area contributed by atoms with Gasteiger partial charge in [0.05, 0.1) is 24.0 Å². The summed E-state index contributed by atoms with van der Waals surface area (Å²) in [4.78, 5) is 30.9. The zero-order valence-electron chi connectivity index (χ0n) is 15.6. The third kappa shape index (κ3) is 3.94. The number of pyridine rings is 1. The van der Waals surface area contributed by atoms with Crippen molar-refractivity contribution in [2.24, 2.45) is 5.92 Å². The Morgan fingerprint density at radius 1 is 1.30 bits per heavy atom. The van der Waals surface area contributed by atoms with Crippen LogP contribution in [0.1, 0.15) is 30.3 Å². The molecule has 0 spiro atoms. The van der Waals surface area contributed by atoms with E-state index < -0.39 is 48.7 Å². The van der Waals surface area contributed by atoms with Gasteiger partial charge in [-0.05, 0) is 24.5 Å². The van der Waals surface area contributed by atoms with Gasteiger partial charge in [-0.1, -0.05) is 11.6 Å². The highest BCUT2D eigenvalue weighted by atomic mass is 35.5. The van der Waals surface area contributed by atoms with Gasteiger partial charge in [-0.25, -0.2) is 13.9 Å². The van der Waals surface area contributed by atoms with Crippen molar-refractivity contribution in [1.29, 1.82) is 0 Å². The van der Waals surface area contributed by atoms with Crippen LogP contribution in [0.4, 0.5) is 17.6 Å². The van der Waals surface area contributed by atoms with Crippen LogP contribution in [0, 0.1) is 5.92 Å². The summed E-state index contributed by atoms with van der Waals surface area (Å²) in [6.45, 7) is -0.127. The molecule has 2 aliphatic rings. The quantitative estimate of drug-likeness (QED) is 0.677. The fourth-order valence-electron chi connectivity index (χ4n) is 4.00. The van der Waals surface area contributed by atoms with Crippen molar-refractivity contribution in [2.45, 2.75) is 44.2 Å². The number of aromatic nitrogens is 4. The first-order valence-electron chi connectivity index (χ1n) is 9.40. The second kappa shape index (κ2) is 7.68. The lowest BCUT2D eigenvalue weighted by Gasteiger charge is -2.32. The van der Waals surface area contributed by atoms with Crippen LogP contribution in [0.2, 0.25) is 5.02 Å². The van der Waals surface area contributed by atoms with Crippen LogP contribution in [0.25, 0.3) is 0 Å². The molecule has 0 bridgehead atoms. The first kappa shape index (κ1) is 20.8. The van der Waals surface area contributed by atoms with Gasteiger partial charge in [0.2, 0.25) is 5.91 Å². The van der Waals surface area contributed by atoms with E-state index in [0.29, 0.717) is 10.6 Å². The van der Waals surface area contributed by atoms with E-state index in [-0.39, 0.29) is 31.9 Å². The summed E-state index contributed by atoms with van der Waals surface area (Å²) in [5.41, 5.74) is -0.157. The lowest BCUT2D eigenvalue weighted by molar-refractivity contribution is -0.183. The summed E-state index contributed by atoms with van der Waals surface area (Å²) in [5, 5.41) is 4.40. The minimum absolute atomic E-state index is 0.0553. The van der Waals surface area contributed by atoms with Gasteiger partial charge in [0.15, 0.2) is 0 Å². The van der Waals surface area contributed by atoms with Gasteiger partial charge >= 0.3 is 11.9 Å². The second-order valence-electron chi connectivity index (χ2n) is 7.60. The largest absolute Gasteiger partial charge is 0.392 e. The van der Waals surface area contributed by atoms with Gasteiger partial charge in [0, 0.05) is 25.4 Å². The molecule has 1 amide bonds. The average molecular weight is 448 g/mol. The van der Waals surface area contributed by atoms with Crippen LogP contribution in [0.3, 0.4) is 0 Å². The van der Waals surface area contributed by atoms with E-state index in [1.807, 2.05) is 0 Å². The lowest BCUT2D eigenvalue weighted by Crippen LogP contribution is -2.45. The van der Waals surface area contributed by atoms with Gasteiger partial charge in [0.1, 0.15) is 18.0 Å². The van der Waals surface area contributed by atoms with Crippen molar-refractivity contribution in [3.8, 4) is 0 Å². The van der Waals surface area contributed by atoms with E-state index in [2.05, 4.69) is 10.1 Å². The maximum atomic E-state index is 13.5. The Morgan fingerprint density at radius 2 is 2.07 bits per heavy atom. The molecule has 0 unspecified atom stereocenters. The molecule has 4 heterocycles. The normalized spacial score (nSPS) is 24.2. The van der Waals surface area contributed by atoms with Crippen LogP contribution in [-0.4, -0.2) is 55.6 Å². The molecule has 0 N–H and O–H groups in total. The van der Waals surface area contributed by atoms with Gasteiger partial charge in [-0.3, -0.25) is 14.3 Å². The molecule has 0 radical (unpaired) electrons. The summed E-state index contributed by atoms with van der Waals surface area (Å²) in [6.07, 6.45) is -3.85. The number of carbonyl (C=O) groups excluding carboxylic acids is 1. The van der Waals surface area contributed by atoms with Crippen molar-refractivity contribution >= 4 is 17.5 Å². The zero-order valence-corrected chi connectivity index (χ0v) is 16.4. The van der Waals surface area contributed by atoms with Crippen LogP contribution in [0.5, 0.6) is 0 Å². The first-order chi connectivity index (χ1) is 14.1. The Balaban J connectivity index is 1.71. The van der Waals surface area contributed by atoms with Crippen LogP contribution in [0.15, 0.2) is 23.3 Å². The van der Waals surface area contributed by atoms with Gasteiger partial charge in [-0.15, -0.1) is 0 Å². The number of amides is 1. The van der Waals surface area contributed by atoms with Crippen LogP contribution >= 0.6 is 11.6 Å². The number of nitrogens with zero attached hydrogens (tertiary/aromatic N) is 5. The Bertz CT molecular complexity index is 1020. The highest BCUT2D eigenvalue weighted by Gasteiger charge is 2.48. The molecular weight excluding hydrogens is 430 g/mol. The molecular formula is C18H18ClF4N5O2. The topological polar surface area (TPSA) is 73.0 Å². The molecule has 0 aliphatic carbocycles. The highest BCUT2D eigenvalue weighted by molar-refractivity contribution is 6.30. The molecule has 2 aliphatic heterocycles. The van der Waals surface area contributed by atoms with E-state index in [9.17, 15) is 27.2 Å². The van der Waals surface area contributed by atoms with Crippen molar-refractivity contribution < 1.29 is 22.4 Å². The lowest BCUT2D eigenvalue weighted by atomic mass is 9.91. The van der Waals surface area contributed by atoms with E-state index in [1.165, 1.54) is 17.3 Å². The molecule has 1 saturated heterocycles. The second-order valence-corrected chi connectivity index (χ2v) is 8.04. The SMILES string of the molecule is O=C([C@H]1C[C@@H](C(F)(F)F)Cc2nn(Cc3cncc(Cl)c3)c(=O)n21)N1CC[C@H](F)C1. The first-order valence-corrected chi connectivity index (χ1v) is 9.78. The monoisotopic (exact) mass is 447 g/mol. The molecule has 1 fully saturated rings. The number of alkyl halides is 4. The summed E-state index contributed by atoms with van der Waals surface area (Å²) in [6, 6.07) is 0.191. The Labute approximate surface area is 173 Å². The maximum Gasteiger partial charge on any atom is 0.392 e. The van der Waals surface area contributed by atoms with Crippen LogP contribution in [-0.2, 0) is 17.8 Å². The molecule has 7 nitrogen and oxygen atoms in total. The molecule has 162 valence electrons. The van der Waals surface area contributed by atoms with Crippen molar-refractivity contribution in [1.82, 2.24) is 24.2 Å². The molecule has 2 aromatic heterocycles. The third-order valence-corrected chi connectivity index (χ3v) is 5.68. The van der Waals surface area contributed by atoms with E-state index >= 15 is 0 Å². The average Bonchev–Trinajstić information content (AvgIpc) is 3.24. The maximum absolute atomic E-state index is 13.5. The number of carbonyl (C=O) groups is 1. The number of hydrogen-bond donors (Lipinski definition) is 0. The summed E-state index contributed by atoms with van der Waals surface area (Å²) in [5.74, 6) is -2.61. The van der Waals surface area contributed by atoms with E-state index in [0.717, 1.165) is 9.25 Å². The summed E-state index contributed by atoms with van der Waals surface area (Å²) < 4.78 is 56.0. The Morgan fingerprint density at radius 3 is 2.70 bits per heavy atom. The molecule has 12 heteroatoms. The third-order valence-electron chi connectivity index (χ3n) is 5.47. The number of rotatable bonds is 3. The molecule has 2 aromatic rings. The molecule has 0 aromatic carbocycles.